The van der Waals surface area contributed by atoms with E-state index in [9.17, 15) is 5.11 Å². The third kappa shape index (κ3) is 2.49. The molecule has 4 rings (SSSR count). The third-order valence-corrected chi connectivity index (χ3v) is 4.34. The van der Waals surface area contributed by atoms with Crippen molar-refractivity contribution in [1.29, 1.82) is 0 Å². The average molecular weight is 306 g/mol. The van der Waals surface area contributed by atoms with Gasteiger partial charge in [-0.05, 0) is 18.2 Å². The van der Waals surface area contributed by atoms with Crippen LogP contribution in [0.5, 0.6) is 0 Å². The van der Waals surface area contributed by atoms with Crippen LogP contribution in [-0.4, -0.2) is 26.2 Å². The van der Waals surface area contributed by atoms with E-state index < -0.39 is 0 Å². The van der Waals surface area contributed by atoms with E-state index in [0.29, 0.717) is 0 Å². The molecule has 3 aromatic rings. The summed E-state index contributed by atoms with van der Waals surface area (Å²) in [4.78, 5) is 11.0. The van der Waals surface area contributed by atoms with Gasteiger partial charge in [0.05, 0.1) is 25.2 Å². The first-order valence-electron chi connectivity index (χ1n) is 7.76. The second kappa shape index (κ2) is 5.85. The van der Waals surface area contributed by atoms with Gasteiger partial charge in [0.2, 0.25) is 0 Å². The second-order valence-electron chi connectivity index (χ2n) is 5.68. The van der Waals surface area contributed by atoms with E-state index in [1.54, 1.807) is 12.4 Å². The van der Waals surface area contributed by atoms with Crippen LogP contribution in [0.4, 0.5) is 5.69 Å². The molecular weight excluding hydrogens is 288 g/mol. The van der Waals surface area contributed by atoms with Crippen LogP contribution in [0.15, 0.2) is 55.1 Å². The second-order valence-corrected chi connectivity index (χ2v) is 5.68. The summed E-state index contributed by atoms with van der Waals surface area (Å²) >= 11 is 0. The topological polar surface area (TPSA) is 54.2 Å². The smallest absolute Gasteiger partial charge is 0.0998 e. The van der Waals surface area contributed by atoms with Gasteiger partial charge in [0.25, 0.3) is 0 Å². The SMILES string of the molecule is OCc1cnccc1N1CCc2c(ncn2-c2ccccc2)C1. The number of nitrogens with zero attached hydrogens (tertiary/aromatic N) is 4. The highest BCUT2D eigenvalue weighted by molar-refractivity contribution is 5.53. The molecule has 0 amide bonds. The van der Waals surface area contributed by atoms with Crippen molar-refractivity contribution in [1.82, 2.24) is 14.5 Å². The van der Waals surface area contributed by atoms with Crippen molar-refractivity contribution >= 4 is 5.69 Å². The molecule has 0 bridgehead atoms. The van der Waals surface area contributed by atoms with Gasteiger partial charge in [-0.3, -0.25) is 4.98 Å². The maximum Gasteiger partial charge on any atom is 0.0998 e. The van der Waals surface area contributed by atoms with Crippen LogP contribution in [0.1, 0.15) is 17.0 Å². The van der Waals surface area contributed by atoms with Gasteiger partial charge in [0, 0.05) is 48.0 Å². The molecule has 23 heavy (non-hydrogen) atoms. The average Bonchev–Trinajstić information content (AvgIpc) is 3.05. The predicted octanol–water partition coefficient (Wildman–Crippen LogP) is 2.32. The molecule has 0 saturated carbocycles. The minimum absolute atomic E-state index is 0.00495. The summed E-state index contributed by atoms with van der Waals surface area (Å²) in [6.07, 6.45) is 6.33. The molecule has 1 aliphatic heterocycles. The fraction of sp³-hybridized carbons (Fsp3) is 0.222. The van der Waals surface area contributed by atoms with E-state index in [4.69, 9.17) is 0 Å². The number of pyridine rings is 1. The molecule has 0 radical (unpaired) electrons. The highest BCUT2D eigenvalue weighted by Crippen LogP contribution is 2.27. The molecule has 1 aromatic carbocycles. The van der Waals surface area contributed by atoms with Gasteiger partial charge in [0.15, 0.2) is 0 Å². The lowest BCUT2D eigenvalue weighted by Gasteiger charge is -2.30. The van der Waals surface area contributed by atoms with E-state index in [2.05, 4.69) is 31.6 Å². The molecule has 1 N–H and O–H groups in total. The van der Waals surface area contributed by atoms with E-state index in [1.165, 1.54) is 5.69 Å². The Morgan fingerprint density at radius 3 is 2.83 bits per heavy atom. The number of benzene rings is 1. The quantitative estimate of drug-likeness (QED) is 0.807. The van der Waals surface area contributed by atoms with Crippen molar-refractivity contribution in [3.63, 3.8) is 0 Å². The molecule has 0 spiro atoms. The van der Waals surface area contributed by atoms with E-state index in [0.717, 1.165) is 42.1 Å². The normalized spacial score (nSPS) is 13.9. The van der Waals surface area contributed by atoms with E-state index >= 15 is 0 Å². The third-order valence-electron chi connectivity index (χ3n) is 4.34. The summed E-state index contributed by atoms with van der Waals surface area (Å²) in [5.41, 5.74) is 5.42. The Balaban J connectivity index is 1.65. The number of anilines is 1. The zero-order valence-corrected chi connectivity index (χ0v) is 12.8. The van der Waals surface area contributed by atoms with E-state index in [1.807, 2.05) is 30.6 Å². The summed E-state index contributed by atoms with van der Waals surface area (Å²) in [7, 11) is 0. The Labute approximate surface area is 134 Å². The maximum atomic E-state index is 9.51. The van der Waals surface area contributed by atoms with Crippen molar-refractivity contribution in [2.45, 2.75) is 19.6 Å². The standard InChI is InChI=1S/C18H18N4O/c23-12-14-10-19-8-6-17(14)21-9-7-18-16(11-21)20-13-22(18)15-4-2-1-3-5-15/h1-6,8,10,13,23H,7,9,11-12H2. The molecule has 5 nitrogen and oxygen atoms in total. The number of aromatic nitrogens is 3. The molecule has 3 heterocycles. The highest BCUT2D eigenvalue weighted by Gasteiger charge is 2.22. The molecule has 116 valence electrons. The molecule has 0 saturated heterocycles. The van der Waals surface area contributed by atoms with Crippen molar-refractivity contribution in [2.75, 3.05) is 11.4 Å². The Hall–Kier alpha value is -2.66. The number of hydrogen-bond donors (Lipinski definition) is 1. The zero-order valence-electron chi connectivity index (χ0n) is 12.8. The first-order chi connectivity index (χ1) is 11.4. The zero-order chi connectivity index (χ0) is 15.6. The Kier molecular flexibility index (Phi) is 3.55. The van der Waals surface area contributed by atoms with Gasteiger partial charge in [0.1, 0.15) is 0 Å². The maximum absolute atomic E-state index is 9.51. The Bertz CT molecular complexity index is 813. The lowest BCUT2D eigenvalue weighted by molar-refractivity contribution is 0.281. The number of aliphatic hydroxyl groups excluding tert-OH is 1. The molecule has 0 fully saturated rings. The van der Waals surface area contributed by atoms with Gasteiger partial charge < -0.3 is 14.6 Å². The summed E-state index contributed by atoms with van der Waals surface area (Å²) in [6, 6.07) is 12.3. The number of para-hydroxylation sites is 1. The molecule has 0 unspecified atom stereocenters. The Morgan fingerprint density at radius 1 is 1.13 bits per heavy atom. The fourth-order valence-electron chi connectivity index (χ4n) is 3.18. The number of hydrogen-bond acceptors (Lipinski definition) is 4. The van der Waals surface area contributed by atoms with Crippen LogP contribution < -0.4 is 4.90 Å². The van der Waals surface area contributed by atoms with Crippen molar-refractivity contribution in [2.24, 2.45) is 0 Å². The number of aliphatic hydroxyl groups is 1. The van der Waals surface area contributed by atoms with Crippen LogP contribution in [0, 0.1) is 0 Å². The molecule has 0 aliphatic carbocycles. The number of imidazole rings is 1. The first-order valence-corrected chi connectivity index (χ1v) is 7.76. The van der Waals surface area contributed by atoms with Gasteiger partial charge in [-0.25, -0.2) is 4.98 Å². The van der Waals surface area contributed by atoms with Crippen LogP contribution in [0.3, 0.4) is 0 Å². The van der Waals surface area contributed by atoms with E-state index in [-0.39, 0.29) is 6.61 Å². The molecule has 1 aliphatic rings. The van der Waals surface area contributed by atoms with Gasteiger partial charge in [-0.1, -0.05) is 18.2 Å². The van der Waals surface area contributed by atoms with Crippen LogP contribution in [0.25, 0.3) is 5.69 Å². The van der Waals surface area contributed by atoms with Gasteiger partial charge >= 0.3 is 0 Å². The predicted molar refractivity (Wildman–Crippen MR) is 88.5 cm³/mol. The van der Waals surface area contributed by atoms with Crippen LogP contribution in [0.2, 0.25) is 0 Å². The largest absolute Gasteiger partial charge is 0.392 e. The van der Waals surface area contributed by atoms with Crippen molar-refractivity contribution in [3.8, 4) is 5.69 Å². The monoisotopic (exact) mass is 306 g/mol. The lowest BCUT2D eigenvalue weighted by Crippen LogP contribution is -2.32. The minimum atomic E-state index is 0.00495. The highest BCUT2D eigenvalue weighted by atomic mass is 16.3. The number of rotatable bonds is 3. The lowest BCUT2D eigenvalue weighted by atomic mass is 10.1. The van der Waals surface area contributed by atoms with Crippen LogP contribution in [-0.2, 0) is 19.6 Å². The van der Waals surface area contributed by atoms with Crippen molar-refractivity contribution < 1.29 is 5.11 Å². The van der Waals surface area contributed by atoms with Gasteiger partial charge in [-0.2, -0.15) is 0 Å². The number of fused-ring (bicyclic) bond motifs is 1. The molecule has 0 atom stereocenters. The summed E-state index contributed by atoms with van der Waals surface area (Å²) in [5, 5.41) is 9.51. The summed E-state index contributed by atoms with van der Waals surface area (Å²) < 4.78 is 2.17. The first kappa shape index (κ1) is 14.0. The Morgan fingerprint density at radius 2 is 2.00 bits per heavy atom. The van der Waals surface area contributed by atoms with Crippen molar-refractivity contribution in [3.05, 3.63) is 72.1 Å². The summed E-state index contributed by atoms with van der Waals surface area (Å²) in [5.74, 6) is 0. The fourth-order valence-corrected chi connectivity index (χ4v) is 3.18. The minimum Gasteiger partial charge on any atom is -0.392 e. The van der Waals surface area contributed by atoms with Gasteiger partial charge in [-0.15, -0.1) is 0 Å². The molecule has 2 aromatic heterocycles. The summed E-state index contributed by atoms with van der Waals surface area (Å²) in [6.45, 7) is 1.67. The molecular formula is C18H18N4O. The van der Waals surface area contributed by atoms with Crippen LogP contribution >= 0.6 is 0 Å². The molecule has 5 heteroatoms.